The van der Waals surface area contributed by atoms with E-state index < -0.39 is 0 Å². The van der Waals surface area contributed by atoms with Gasteiger partial charge >= 0.3 is 0 Å². The zero-order chi connectivity index (χ0) is 10.8. The Morgan fingerprint density at radius 2 is 2.33 bits per heavy atom. The Morgan fingerprint density at radius 1 is 1.53 bits per heavy atom. The Labute approximate surface area is 91.1 Å². The number of aryl methyl sites for hydroxylation is 1. The van der Waals surface area contributed by atoms with Crippen LogP contribution in [-0.4, -0.2) is 28.4 Å². The molecule has 1 unspecified atom stereocenters. The predicted molar refractivity (Wildman–Crippen MR) is 60.0 cm³/mol. The lowest BCUT2D eigenvalue weighted by Gasteiger charge is -2.22. The Bertz CT molecular complexity index is 329. The molecular weight excluding hydrogens is 188 g/mol. The van der Waals surface area contributed by atoms with Gasteiger partial charge in [-0.05, 0) is 19.9 Å². The van der Waals surface area contributed by atoms with Crippen molar-refractivity contribution in [3.8, 4) is 0 Å². The van der Waals surface area contributed by atoms with Crippen molar-refractivity contribution in [1.29, 1.82) is 0 Å². The first-order chi connectivity index (χ1) is 7.22. The molecule has 1 aromatic heterocycles. The van der Waals surface area contributed by atoms with Crippen LogP contribution in [0.5, 0.6) is 0 Å². The minimum absolute atomic E-state index is 0.429. The second kappa shape index (κ2) is 4.31. The lowest BCUT2D eigenvalue weighted by atomic mass is 10.1. The van der Waals surface area contributed by atoms with Crippen LogP contribution in [0.1, 0.15) is 50.3 Å². The number of nitrogens with one attached hydrogen (secondary N) is 1. The molecule has 0 bridgehead atoms. The first-order valence-electron chi connectivity index (χ1n) is 5.82. The van der Waals surface area contributed by atoms with Crippen molar-refractivity contribution in [3.05, 3.63) is 11.6 Å². The monoisotopic (exact) mass is 208 g/mol. The highest BCUT2D eigenvalue weighted by Crippen LogP contribution is 2.24. The number of hydrogen-bond acceptors (Lipinski definition) is 3. The Hall–Kier alpha value is -0.900. The van der Waals surface area contributed by atoms with Gasteiger partial charge in [0.1, 0.15) is 5.82 Å². The average Bonchev–Trinajstić information content (AvgIpc) is 2.63. The summed E-state index contributed by atoms with van der Waals surface area (Å²) in [7, 11) is 1.99. The van der Waals surface area contributed by atoms with E-state index in [1.807, 2.05) is 7.05 Å². The van der Waals surface area contributed by atoms with E-state index in [9.17, 15) is 0 Å². The number of nitrogens with zero attached hydrogens (tertiary/aromatic N) is 3. The highest BCUT2D eigenvalue weighted by atomic mass is 15.4. The summed E-state index contributed by atoms with van der Waals surface area (Å²) in [6, 6.07) is 0.499. The fraction of sp³-hybridized carbons (Fsp3) is 0.818. The van der Waals surface area contributed by atoms with Crippen molar-refractivity contribution in [2.75, 3.05) is 13.6 Å². The molecule has 84 valence electrons. The lowest BCUT2D eigenvalue weighted by molar-refractivity contribution is 0.352. The minimum atomic E-state index is 0.429. The van der Waals surface area contributed by atoms with Gasteiger partial charge in [0.2, 0.25) is 0 Å². The first kappa shape index (κ1) is 10.6. The summed E-state index contributed by atoms with van der Waals surface area (Å²) in [5, 5.41) is 7.84. The molecule has 2 heterocycles. The van der Waals surface area contributed by atoms with Gasteiger partial charge in [0.05, 0.1) is 6.04 Å². The van der Waals surface area contributed by atoms with Crippen LogP contribution in [0.2, 0.25) is 0 Å². The molecule has 0 saturated heterocycles. The van der Waals surface area contributed by atoms with E-state index in [0.29, 0.717) is 12.0 Å². The van der Waals surface area contributed by atoms with Crippen molar-refractivity contribution in [3.63, 3.8) is 0 Å². The summed E-state index contributed by atoms with van der Waals surface area (Å²) in [4.78, 5) is 4.61. The summed E-state index contributed by atoms with van der Waals surface area (Å²) >= 11 is 0. The molecule has 1 aliphatic rings. The zero-order valence-corrected chi connectivity index (χ0v) is 9.82. The van der Waals surface area contributed by atoms with Gasteiger partial charge < -0.3 is 5.32 Å². The third-order valence-corrected chi connectivity index (χ3v) is 2.96. The highest BCUT2D eigenvalue weighted by Gasteiger charge is 2.23. The molecule has 1 aliphatic heterocycles. The molecule has 15 heavy (non-hydrogen) atoms. The Balaban J connectivity index is 2.26. The number of hydrogen-bond donors (Lipinski definition) is 1. The van der Waals surface area contributed by atoms with Crippen LogP contribution >= 0.6 is 0 Å². The van der Waals surface area contributed by atoms with Crippen LogP contribution in [0.3, 0.4) is 0 Å². The molecule has 0 saturated carbocycles. The maximum absolute atomic E-state index is 4.62. The second-order valence-electron chi connectivity index (χ2n) is 4.59. The van der Waals surface area contributed by atoms with Gasteiger partial charge in [0, 0.05) is 18.9 Å². The number of rotatable bonds is 3. The molecule has 4 nitrogen and oxygen atoms in total. The van der Waals surface area contributed by atoms with E-state index >= 15 is 0 Å². The molecule has 0 spiro atoms. The van der Waals surface area contributed by atoms with Crippen LogP contribution in [-0.2, 0) is 6.42 Å². The van der Waals surface area contributed by atoms with Gasteiger partial charge in [0.25, 0.3) is 0 Å². The third kappa shape index (κ3) is 2.04. The first-order valence-corrected chi connectivity index (χ1v) is 5.82. The van der Waals surface area contributed by atoms with Crippen molar-refractivity contribution in [1.82, 2.24) is 20.1 Å². The molecule has 1 N–H and O–H groups in total. The van der Waals surface area contributed by atoms with Gasteiger partial charge in [-0.25, -0.2) is 9.67 Å². The quantitative estimate of drug-likeness (QED) is 0.818. The fourth-order valence-electron chi connectivity index (χ4n) is 2.12. The van der Waals surface area contributed by atoms with E-state index in [1.54, 1.807) is 0 Å². The van der Waals surface area contributed by atoms with Crippen LogP contribution in [0, 0.1) is 0 Å². The molecule has 0 fully saturated rings. The van der Waals surface area contributed by atoms with E-state index in [0.717, 1.165) is 18.8 Å². The minimum Gasteiger partial charge on any atom is -0.318 e. The number of aromatic nitrogens is 3. The van der Waals surface area contributed by atoms with E-state index in [2.05, 4.69) is 33.9 Å². The van der Waals surface area contributed by atoms with Gasteiger partial charge in [-0.15, -0.1) is 0 Å². The van der Waals surface area contributed by atoms with E-state index in [4.69, 9.17) is 0 Å². The molecule has 0 radical (unpaired) electrons. The SMILES string of the molecule is CNCC1CCCc2nc(C(C)C)nn21. The van der Waals surface area contributed by atoms with Crippen LogP contribution in [0.25, 0.3) is 0 Å². The Kier molecular flexibility index (Phi) is 3.05. The molecule has 2 rings (SSSR count). The maximum Gasteiger partial charge on any atom is 0.153 e. The highest BCUT2D eigenvalue weighted by molar-refractivity contribution is 5.01. The lowest BCUT2D eigenvalue weighted by Crippen LogP contribution is -2.27. The van der Waals surface area contributed by atoms with Crippen molar-refractivity contribution in [2.45, 2.75) is 45.1 Å². The largest absolute Gasteiger partial charge is 0.318 e. The fourth-order valence-corrected chi connectivity index (χ4v) is 2.12. The molecule has 0 aromatic carbocycles. The molecule has 1 aromatic rings. The number of likely N-dealkylation sites (N-methyl/N-ethyl adjacent to an activating group) is 1. The molecule has 0 aliphatic carbocycles. The van der Waals surface area contributed by atoms with Crippen LogP contribution in [0.4, 0.5) is 0 Å². The van der Waals surface area contributed by atoms with Crippen molar-refractivity contribution in [2.24, 2.45) is 0 Å². The molecule has 0 amide bonds. The van der Waals surface area contributed by atoms with Crippen molar-refractivity contribution >= 4 is 0 Å². The van der Waals surface area contributed by atoms with E-state index in [-0.39, 0.29) is 0 Å². The summed E-state index contributed by atoms with van der Waals surface area (Å²) in [5.41, 5.74) is 0. The van der Waals surface area contributed by atoms with Gasteiger partial charge in [-0.1, -0.05) is 13.8 Å². The summed E-state index contributed by atoms with van der Waals surface area (Å²) in [5.74, 6) is 2.59. The second-order valence-corrected chi connectivity index (χ2v) is 4.59. The Morgan fingerprint density at radius 3 is 3.00 bits per heavy atom. The number of fused-ring (bicyclic) bond motifs is 1. The molecule has 1 atom stereocenters. The van der Waals surface area contributed by atoms with Gasteiger partial charge in [-0.3, -0.25) is 0 Å². The topological polar surface area (TPSA) is 42.7 Å². The van der Waals surface area contributed by atoms with E-state index in [1.165, 1.54) is 18.7 Å². The zero-order valence-electron chi connectivity index (χ0n) is 9.82. The summed E-state index contributed by atoms with van der Waals surface area (Å²) in [6.07, 6.45) is 3.54. The van der Waals surface area contributed by atoms with Crippen LogP contribution in [0.15, 0.2) is 0 Å². The van der Waals surface area contributed by atoms with Crippen molar-refractivity contribution < 1.29 is 0 Å². The predicted octanol–water partition coefficient (Wildman–Crippen LogP) is 1.50. The normalized spacial score (nSPS) is 20.7. The van der Waals surface area contributed by atoms with Gasteiger partial charge in [0.15, 0.2) is 5.82 Å². The maximum atomic E-state index is 4.62. The summed E-state index contributed by atoms with van der Waals surface area (Å²) in [6.45, 7) is 5.29. The molecular formula is C11H20N4. The molecule has 4 heteroatoms. The van der Waals surface area contributed by atoms with Crippen LogP contribution < -0.4 is 5.32 Å². The third-order valence-electron chi connectivity index (χ3n) is 2.96. The van der Waals surface area contributed by atoms with Gasteiger partial charge in [-0.2, -0.15) is 5.10 Å². The smallest absolute Gasteiger partial charge is 0.153 e. The average molecular weight is 208 g/mol. The standard InChI is InChI=1S/C11H20N4/c1-8(2)11-13-10-6-4-5-9(7-12-3)15(10)14-11/h8-9,12H,4-7H2,1-3H3. The summed E-state index contributed by atoms with van der Waals surface area (Å²) < 4.78 is 2.13.